The van der Waals surface area contributed by atoms with Crippen LogP contribution in [0.1, 0.15) is 45.4 Å². The highest BCUT2D eigenvalue weighted by molar-refractivity contribution is 8.05. The average Bonchev–Trinajstić information content (AvgIpc) is 3.27. The second kappa shape index (κ2) is 8.73. The highest BCUT2D eigenvalue weighted by Gasteiger charge is 2.36. The van der Waals surface area contributed by atoms with Gasteiger partial charge in [0.25, 0.3) is 0 Å². The number of likely N-dealkylation sites (tertiary alicyclic amines) is 1. The molecule has 0 aromatic carbocycles. The van der Waals surface area contributed by atoms with Crippen molar-refractivity contribution in [2.24, 2.45) is 0 Å². The Labute approximate surface area is 161 Å². The summed E-state index contributed by atoms with van der Waals surface area (Å²) >= 11 is 2.35. The van der Waals surface area contributed by atoms with Gasteiger partial charge in [0.05, 0.1) is 16.4 Å². The summed E-state index contributed by atoms with van der Waals surface area (Å²) in [5.74, 6) is 0.0644. The van der Waals surface area contributed by atoms with Gasteiger partial charge < -0.3 is 9.80 Å². The van der Waals surface area contributed by atoms with Gasteiger partial charge in [-0.3, -0.25) is 10.1 Å². The van der Waals surface area contributed by atoms with Gasteiger partial charge in [-0.15, -0.1) is 0 Å². The zero-order valence-electron chi connectivity index (χ0n) is 14.8. The molecule has 0 bridgehead atoms. The monoisotopic (exact) mass is 393 g/mol. The predicted molar refractivity (Wildman–Crippen MR) is 102 cm³/mol. The van der Waals surface area contributed by atoms with Gasteiger partial charge in [0.15, 0.2) is 5.13 Å². The quantitative estimate of drug-likeness (QED) is 0.625. The molecule has 1 aliphatic heterocycles. The van der Waals surface area contributed by atoms with Gasteiger partial charge >= 0.3 is 6.03 Å². The molecule has 2 fully saturated rings. The Hall–Kier alpha value is -1.79. The van der Waals surface area contributed by atoms with Crippen LogP contribution in [0.5, 0.6) is 0 Å². The molecule has 1 aromatic heterocycles. The van der Waals surface area contributed by atoms with Crippen molar-refractivity contribution in [3.05, 3.63) is 6.20 Å². The predicted octanol–water partition coefficient (Wildman–Crippen LogP) is 3.50. The van der Waals surface area contributed by atoms with E-state index in [0.717, 1.165) is 48.1 Å². The summed E-state index contributed by atoms with van der Waals surface area (Å²) in [6.45, 7) is 2.89. The maximum atomic E-state index is 13.0. The van der Waals surface area contributed by atoms with E-state index >= 15 is 0 Å². The van der Waals surface area contributed by atoms with E-state index in [1.165, 1.54) is 17.8 Å². The van der Waals surface area contributed by atoms with Crippen molar-refractivity contribution in [1.82, 2.24) is 14.8 Å². The normalized spacial score (nSPS) is 20.6. The first kappa shape index (κ1) is 19.0. The van der Waals surface area contributed by atoms with Crippen LogP contribution >= 0.6 is 23.1 Å². The maximum absolute atomic E-state index is 13.0. The molecule has 7 nitrogen and oxygen atoms in total. The molecule has 1 aromatic rings. The van der Waals surface area contributed by atoms with E-state index in [1.54, 1.807) is 13.1 Å². The summed E-state index contributed by atoms with van der Waals surface area (Å²) in [6, 6.07) is 0.124. The molecule has 1 saturated heterocycles. The fourth-order valence-corrected chi connectivity index (χ4v) is 5.06. The zero-order valence-corrected chi connectivity index (χ0v) is 16.4. The van der Waals surface area contributed by atoms with E-state index < -0.39 is 0 Å². The molecule has 26 heavy (non-hydrogen) atoms. The van der Waals surface area contributed by atoms with Gasteiger partial charge in [-0.05, 0) is 19.3 Å². The molecule has 1 aliphatic carbocycles. The first-order valence-electron chi connectivity index (χ1n) is 8.95. The number of hydrogen-bond donors (Lipinski definition) is 1. The van der Waals surface area contributed by atoms with Crippen LogP contribution in [0.15, 0.2) is 10.4 Å². The number of thiazole rings is 1. The molecule has 0 spiro atoms. The van der Waals surface area contributed by atoms with E-state index in [1.807, 2.05) is 15.2 Å². The third kappa shape index (κ3) is 4.48. The number of nitriles is 1. The number of nitrogens with zero attached hydrogens (tertiary/aromatic N) is 4. The molecule has 1 N–H and O–H groups in total. The average molecular weight is 394 g/mol. The number of rotatable bonds is 4. The van der Waals surface area contributed by atoms with Crippen LogP contribution in [0.3, 0.4) is 0 Å². The first-order chi connectivity index (χ1) is 12.6. The molecule has 1 atom stereocenters. The van der Waals surface area contributed by atoms with Crippen LogP contribution in [0.4, 0.5) is 9.93 Å². The Bertz CT molecular complexity index is 696. The van der Waals surface area contributed by atoms with Crippen LogP contribution in [0, 0.1) is 10.7 Å². The van der Waals surface area contributed by atoms with Crippen molar-refractivity contribution in [1.29, 1.82) is 5.26 Å². The molecule has 0 radical (unpaired) electrons. The Morgan fingerprint density at radius 2 is 2.12 bits per heavy atom. The Morgan fingerprint density at radius 3 is 2.77 bits per heavy atom. The summed E-state index contributed by atoms with van der Waals surface area (Å²) in [4.78, 5) is 32.7. The molecule has 2 aliphatic rings. The van der Waals surface area contributed by atoms with Gasteiger partial charge in [-0.2, -0.15) is 5.26 Å². The van der Waals surface area contributed by atoms with E-state index in [9.17, 15) is 9.59 Å². The second-order valence-electron chi connectivity index (χ2n) is 6.71. The second-order valence-corrected chi connectivity index (χ2v) is 8.83. The highest BCUT2D eigenvalue weighted by Crippen LogP contribution is 2.30. The van der Waals surface area contributed by atoms with Gasteiger partial charge in [-0.25, -0.2) is 9.78 Å². The summed E-state index contributed by atoms with van der Waals surface area (Å²) in [5, 5.41) is 14.2. The minimum absolute atomic E-state index is 0.0508. The van der Waals surface area contributed by atoms with E-state index in [4.69, 9.17) is 5.26 Å². The lowest BCUT2D eigenvalue weighted by Gasteiger charge is -2.38. The zero-order chi connectivity index (χ0) is 18.5. The maximum Gasteiger partial charge on any atom is 0.324 e. The number of carbonyl (C=O) groups excluding carboxylic acids is 2. The minimum atomic E-state index is -0.143. The number of anilines is 1. The third-order valence-electron chi connectivity index (χ3n) is 5.05. The molecule has 3 rings (SSSR count). The molecule has 3 amide bonds. The number of urea groups is 1. The van der Waals surface area contributed by atoms with Gasteiger partial charge in [0.1, 0.15) is 5.40 Å². The van der Waals surface area contributed by atoms with Crippen LogP contribution in [-0.2, 0) is 4.79 Å². The van der Waals surface area contributed by atoms with Gasteiger partial charge in [0, 0.05) is 37.8 Å². The number of hydrogen-bond acceptors (Lipinski definition) is 6. The lowest BCUT2D eigenvalue weighted by Crippen LogP contribution is -2.51. The van der Waals surface area contributed by atoms with Gasteiger partial charge in [-0.1, -0.05) is 30.6 Å². The lowest BCUT2D eigenvalue weighted by molar-refractivity contribution is -0.127. The Balaban J connectivity index is 1.72. The van der Waals surface area contributed by atoms with Crippen LogP contribution in [0.25, 0.3) is 0 Å². The SMILES string of the molecule is CC(=O)N1CC[C@@H](N(C(=O)Nc2ncc(SC#N)s2)C2CCCCC2)C1. The Kier molecular flexibility index (Phi) is 6.38. The molecule has 0 unspecified atom stereocenters. The van der Waals surface area contributed by atoms with Crippen LogP contribution in [-0.4, -0.2) is 51.9 Å². The standard InChI is InChI=1S/C17H23N5O2S2/c1-12(23)21-8-7-14(10-21)22(13-5-3-2-4-6-13)17(24)20-16-19-9-15(26-16)25-11-18/h9,13-14H,2-8,10H2,1H3,(H,19,20,24)/t14-/m1/s1. The molecule has 9 heteroatoms. The van der Waals surface area contributed by atoms with Crippen molar-refractivity contribution >= 4 is 40.2 Å². The summed E-state index contributed by atoms with van der Waals surface area (Å²) in [5.41, 5.74) is 0. The highest BCUT2D eigenvalue weighted by atomic mass is 32.2. The van der Waals surface area contributed by atoms with Gasteiger partial charge in [0.2, 0.25) is 5.91 Å². The first-order valence-corrected chi connectivity index (χ1v) is 10.6. The summed E-state index contributed by atoms with van der Waals surface area (Å²) < 4.78 is 0.760. The molecule has 2 heterocycles. The fraction of sp³-hybridized carbons (Fsp3) is 0.647. The van der Waals surface area contributed by atoms with E-state index in [0.29, 0.717) is 18.2 Å². The van der Waals surface area contributed by atoms with Crippen molar-refractivity contribution < 1.29 is 9.59 Å². The van der Waals surface area contributed by atoms with Crippen molar-refractivity contribution in [3.8, 4) is 5.40 Å². The van der Waals surface area contributed by atoms with Crippen molar-refractivity contribution in [3.63, 3.8) is 0 Å². The van der Waals surface area contributed by atoms with E-state index in [-0.39, 0.29) is 24.0 Å². The van der Waals surface area contributed by atoms with Crippen LogP contribution in [0.2, 0.25) is 0 Å². The number of amides is 3. The van der Waals surface area contributed by atoms with Crippen molar-refractivity contribution in [2.75, 3.05) is 18.4 Å². The number of nitrogens with one attached hydrogen (secondary N) is 1. The topological polar surface area (TPSA) is 89.3 Å². The summed E-state index contributed by atoms with van der Waals surface area (Å²) in [7, 11) is 0. The smallest absolute Gasteiger partial charge is 0.324 e. The number of aromatic nitrogens is 1. The minimum Gasteiger partial charge on any atom is -0.341 e. The fourth-order valence-electron chi connectivity index (χ4n) is 3.81. The summed E-state index contributed by atoms with van der Waals surface area (Å²) in [6.07, 6.45) is 7.94. The Morgan fingerprint density at radius 1 is 1.35 bits per heavy atom. The van der Waals surface area contributed by atoms with E-state index in [2.05, 4.69) is 10.3 Å². The molecular weight excluding hydrogens is 370 g/mol. The number of thiocyanates is 1. The molecule has 140 valence electrons. The number of thioether (sulfide) groups is 1. The lowest BCUT2D eigenvalue weighted by atomic mass is 9.93. The van der Waals surface area contributed by atoms with Crippen LogP contribution < -0.4 is 5.32 Å². The largest absolute Gasteiger partial charge is 0.341 e. The number of carbonyl (C=O) groups is 2. The third-order valence-corrected chi connectivity index (χ3v) is 6.65. The van der Waals surface area contributed by atoms with Crippen molar-refractivity contribution in [2.45, 2.75) is 61.7 Å². The molecular formula is C17H23N5O2S2. The molecule has 1 saturated carbocycles.